The summed E-state index contributed by atoms with van der Waals surface area (Å²) in [5.74, 6) is -1.06. The number of benzene rings is 3. The van der Waals surface area contributed by atoms with Crippen molar-refractivity contribution in [3.8, 4) is 5.75 Å². The van der Waals surface area contributed by atoms with Crippen LogP contribution in [-0.4, -0.2) is 12.2 Å². The van der Waals surface area contributed by atoms with Crippen molar-refractivity contribution >= 4 is 7.60 Å². The van der Waals surface area contributed by atoms with E-state index in [4.69, 9.17) is 13.8 Å². The van der Waals surface area contributed by atoms with Gasteiger partial charge in [-0.3, -0.25) is 4.57 Å². The van der Waals surface area contributed by atoms with Crippen molar-refractivity contribution in [1.29, 1.82) is 0 Å². The lowest BCUT2D eigenvalue weighted by molar-refractivity contribution is 0.131. The molecule has 0 aliphatic carbocycles. The monoisotopic (exact) mass is 398 g/mol. The quantitative estimate of drug-likeness (QED) is 0.495. The van der Waals surface area contributed by atoms with E-state index >= 15 is 0 Å². The second-order valence-corrected chi connectivity index (χ2v) is 8.26. The van der Waals surface area contributed by atoms with Gasteiger partial charge in [-0.05, 0) is 17.2 Å². The Morgan fingerprint density at radius 3 is 1.75 bits per heavy atom. The van der Waals surface area contributed by atoms with E-state index in [0.717, 1.165) is 11.1 Å². The molecular formula is C22H23O5P. The van der Waals surface area contributed by atoms with Crippen molar-refractivity contribution in [3.63, 3.8) is 0 Å². The third-order valence-corrected chi connectivity index (χ3v) is 6.08. The molecule has 28 heavy (non-hydrogen) atoms. The molecule has 1 N–H and O–H groups in total. The molecule has 0 radical (unpaired) electrons. The van der Waals surface area contributed by atoms with Gasteiger partial charge in [-0.2, -0.15) is 0 Å². The molecule has 6 heteroatoms. The minimum Gasteiger partial charge on any atom is -0.496 e. The van der Waals surface area contributed by atoms with Gasteiger partial charge in [0, 0.05) is 5.56 Å². The van der Waals surface area contributed by atoms with Crippen LogP contribution < -0.4 is 4.74 Å². The zero-order chi connectivity index (χ0) is 19.8. The van der Waals surface area contributed by atoms with Gasteiger partial charge in [0.25, 0.3) is 0 Å². The number of ether oxygens (including phenoxy) is 1. The van der Waals surface area contributed by atoms with Crippen molar-refractivity contribution in [3.05, 3.63) is 102 Å². The van der Waals surface area contributed by atoms with Crippen LogP contribution in [-0.2, 0) is 26.8 Å². The second-order valence-electron chi connectivity index (χ2n) is 6.17. The van der Waals surface area contributed by atoms with Crippen LogP contribution in [0, 0.1) is 0 Å². The van der Waals surface area contributed by atoms with Crippen molar-refractivity contribution in [2.45, 2.75) is 19.1 Å². The maximum atomic E-state index is 13.6. The molecule has 0 heterocycles. The van der Waals surface area contributed by atoms with Crippen LogP contribution >= 0.6 is 7.60 Å². The van der Waals surface area contributed by atoms with E-state index in [-0.39, 0.29) is 13.2 Å². The van der Waals surface area contributed by atoms with Crippen molar-refractivity contribution in [2.24, 2.45) is 0 Å². The minimum atomic E-state index is -3.93. The molecule has 146 valence electrons. The Kier molecular flexibility index (Phi) is 7.01. The SMILES string of the molecule is COc1ccccc1[C@@H](O)P(=O)(OCc1ccccc1)OCc1ccccc1. The Balaban J connectivity index is 1.85. The molecule has 5 nitrogen and oxygen atoms in total. The van der Waals surface area contributed by atoms with Gasteiger partial charge in [0.2, 0.25) is 0 Å². The fourth-order valence-corrected chi connectivity index (χ4v) is 4.28. The van der Waals surface area contributed by atoms with E-state index in [9.17, 15) is 9.67 Å². The molecule has 0 aliphatic heterocycles. The summed E-state index contributed by atoms with van der Waals surface area (Å²) in [5, 5.41) is 10.9. The predicted molar refractivity (Wildman–Crippen MR) is 108 cm³/mol. The Hall–Kier alpha value is -2.43. The standard InChI is InChI=1S/C22H23O5P/c1-25-21-15-9-8-14-20(21)22(23)28(24,26-16-18-10-4-2-5-11-18)27-17-19-12-6-3-7-13-19/h2-15,22-23H,16-17H2,1H3/t22-/m0/s1. The largest absolute Gasteiger partial charge is 0.496 e. The second kappa shape index (κ2) is 9.67. The molecule has 3 aromatic rings. The first-order valence-electron chi connectivity index (χ1n) is 8.90. The van der Waals surface area contributed by atoms with E-state index in [1.165, 1.54) is 7.11 Å². The molecule has 0 aromatic heterocycles. The molecule has 1 atom stereocenters. The normalized spacial score (nSPS) is 12.5. The molecular weight excluding hydrogens is 375 g/mol. The summed E-state index contributed by atoms with van der Waals surface area (Å²) < 4.78 is 30.2. The molecule has 3 rings (SSSR count). The summed E-state index contributed by atoms with van der Waals surface area (Å²) >= 11 is 0. The first-order valence-corrected chi connectivity index (χ1v) is 10.5. The smallest absolute Gasteiger partial charge is 0.364 e. The topological polar surface area (TPSA) is 65.0 Å². The Morgan fingerprint density at radius 1 is 0.786 bits per heavy atom. The van der Waals surface area contributed by atoms with Gasteiger partial charge in [-0.1, -0.05) is 78.9 Å². The van der Waals surface area contributed by atoms with Gasteiger partial charge >= 0.3 is 7.60 Å². The molecule has 0 bridgehead atoms. The van der Waals surface area contributed by atoms with Crippen LogP contribution in [0.4, 0.5) is 0 Å². The number of methoxy groups -OCH3 is 1. The number of aliphatic hydroxyl groups excluding tert-OH is 1. The summed E-state index contributed by atoms with van der Waals surface area (Å²) in [5.41, 5.74) is 2.02. The Bertz CT molecular complexity index is 867. The van der Waals surface area contributed by atoms with Crippen molar-refractivity contribution < 1.29 is 23.5 Å². The summed E-state index contributed by atoms with van der Waals surface area (Å²) in [6, 6.07) is 25.5. The number of para-hydroxylation sites is 1. The maximum absolute atomic E-state index is 13.6. The maximum Gasteiger partial charge on any atom is 0.364 e. The average Bonchev–Trinajstić information content (AvgIpc) is 2.77. The zero-order valence-electron chi connectivity index (χ0n) is 15.6. The van der Waals surface area contributed by atoms with Crippen LogP contribution in [0.25, 0.3) is 0 Å². The van der Waals surface area contributed by atoms with Gasteiger partial charge in [0.1, 0.15) is 5.75 Å². The minimum absolute atomic E-state index is 0.0547. The van der Waals surface area contributed by atoms with Crippen molar-refractivity contribution in [1.82, 2.24) is 0 Å². The van der Waals surface area contributed by atoms with E-state index in [1.807, 2.05) is 60.7 Å². The molecule has 0 saturated heterocycles. The first kappa shape index (κ1) is 20.3. The molecule has 0 saturated carbocycles. The number of hydrogen-bond acceptors (Lipinski definition) is 5. The third kappa shape index (κ3) is 5.09. The number of hydrogen-bond donors (Lipinski definition) is 1. The van der Waals surface area contributed by atoms with E-state index < -0.39 is 13.4 Å². The van der Waals surface area contributed by atoms with Crippen LogP contribution in [0.15, 0.2) is 84.9 Å². The lowest BCUT2D eigenvalue weighted by Crippen LogP contribution is -2.08. The van der Waals surface area contributed by atoms with E-state index in [0.29, 0.717) is 11.3 Å². The lowest BCUT2D eigenvalue weighted by Gasteiger charge is -2.25. The predicted octanol–water partition coefficient (Wildman–Crippen LogP) is 5.31. The van der Waals surface area contributed by atoms with Gasteiger partial charge in [0.05, 0.1) is 20.3 Å². The molecule has 0 aliphatic rings. The van der Waals surface area contributed by atoms with Crippen molar-refractivity contribution in [2.75, 3.05) is 7.11 Å². The average molecular weight is 398 g/mol. The highest BCUT2D eigenvalue weighted by atomic mass is 31.2. The molecule has 3 aromatic carbocycles. The highest BCUT2D eigenvalue weighted by Crippen LogP contribution is 2.61. The van der Waals surface area contributed by atoms with Crippen LogP contribution in [0.1, 0.15) is 22.5 Å². The number of rotatable bonds is 9. The van der Waals surface area contributed by atoms with Gasteiger partial charge in [0.15, 0.2) is 5.85 Å². The molecule has 0 unspecified atom stereocenters. The summed E-state index contributed by atoms with van der Waals surface area (Å²) in [6.45, 7) is 0.109. The van der Waals surface area contributed by atoms with Crippen LogP contribution in [0.3, 0.4) is 0 Å². The van der Waals surface area contributed by atoms with Gasteiger partial charge in [-0.25, -0.2) is 0 Å². The van der Waals surface area contributed by atoms with E-state index in [1.54, 1.807) is 24.3 Å². The fraction of sp³-hybridized carbons (Fsp3) is 0.182. The lowest BCUT2D eigenvalue weighted by atomic mass is 10.2. The molecule has 0 amide bonds. The van der Waals surface area contributed by atoms with Crippen LogP contribution in [0.2, 0.25) is 0 Å². The molecule has 0 spiro atoms. The summed E-state index contributed by atoms with van der Waals surface area (Å²) in [6.07, 6.45) is 0. The Morgan fingerprint density at radius 2 is 1.25 bits per heavy atom. The van der Waals surface area contributed by atoms with Gasteiger partial charge < -0.3 is 18.9 Å². The summed E-state index contributed by atoms with van der Waals surface area (Å²) in [7, 11) is -2.44. The van der Waals surface area contributed by atoms with E-state index in [2.05, 4.69) is 0 Å². The number of aliphatic hydroxyl groups is 1. The third-order valence-electron chi connectivity index (χ3n) is 4.22. The van der Waals surface area contributed by atoms with Crippen LogP contribution in [0.5, 0.6) is 5.75 Å². The Labute approximate surface area is 165 Å². The summed E-state index contributed by atoms with van der Waals surface area (Å²) in [4.78, 5) is 0. The highest BCUT2D eigenvalue weighted by Gasteiger charge is 2.38. The zero-order valence-corrected chi connectivity index (χ0v) is 16.5. The van der Waals surface area contributed by atoms with Gasteiger partial charge in [-0.15, -0.1) is 0 Å². The molecule has 0 fully saturated rings. The first-order chi connectivity index (χ1) is 13.6. The highest BCUT2D eigenvalue weighted by molar-refractivity contribution is 7.54. The fourth-order valence-electron chi connectivity index (χ4n) is 2.71.